The molecule has 0 radical (unpaired) electrons. The van der Waals surface area contributed by atoms with Gasteiger partial charge in [0.05, 0.1) is 23.2 Å². The summed E-state index contributed by atoms with van der Waals surface area (Å²) < 4.78 is 4.83. The summed E-state index contributed by atoms with van der Waals surface area (Å²) in [5, 5.41) is 18.5. The average Bonchev–Trinajstić information content (AvgIpc) is 2.31. The molecule has 0 spiro atoms. The third-order valence-electron chi connectivity index (χ3n) is 2.29. The van der Waals surface area contributed by atoms with Crippen LogP contribution in [0.3, 0.4) is 0 Å². The van der Waals surface area contributed by atoms with Crippen LogP contribution in [-0.2, 0) is 4.74 Å². The molecule has 0 saturated carbocycles. The van der Waals surface area contributed by atoms with Gasteiger partial charge in [-0.05, 0) is 19.1 Å². The van der Waals surface area contributed by atoms with E-state index in [9.17, 15) is 15.0 Å². The maximum atomic E-state index is 11.6. The Balaban J connectivity index is 2.61. The molecule has 94 valence electrons. The summed E-state index contributed by atoms with van der Waals surface area (Å²) in [6.45, 7) is 1.90. The van der Waals surface area contributed by atoms with Crippen molar-refractivity contribution in [2.75, 3.05) is 12.3 Å². The van der Waals surface area contributed by atoms with Gasteiger partial charge in [0, 0.05) is 5.69 Å². The van der Waals surface area contributed by atoms with E-state index in [1.807, 2.05) is 0 Å². The number of rotatable bonds is 2. The van der Waals surface area contributed by atoms with Crippen molar-refractivity contribution in [2.24, 2.45) is 0 Å². The van der Waals surface area contributed by atoms with Gasteiger partial charge in [0.25, 0.3) is 11.8 Å². The number of carbonyl (C=O) groups is 1. The molecular formula is C11H11N3O4. The van der Waals surface area contributed by atoms with Crippen LogP contribution in [0, 0.1) is 0 Å². The summed E-state index contributed by atoms with van der Waals surface area (Å²) in [5.74, 6) is -1.78. The minimum absolute atomic E-state index is 0.142. The zero-order valence-electron chi connectivity index (χ0n) is 9.54. The second-order valence-electron chi connectivity index (χ2n) is 3.52. The zero-order valence-corrected chi connectivity index (χ0v) is 9.54. The fraction of sp³-hybridized carbons (Fsp3) is 0.182. The Kier molecular flexibility index (Phi) is 2.88. The van der Waals surface area contributed by atoms with E-state index in [1.165, 1.54) is 12.1 Å². The molecule has 1 heterocycles. The van der Waals surface area contributed by atoms with E-state index in [-0.39, 0.29) is 28.9 Å². The van der Waals surface area contributed by atoms with E-state index in [2.05, 4.69) is 9.97 Å². The van der Waals surface area contributed by atoms with Crippen molar-refractivity contribution in [1.29, 1.82) is 0 Å². The molecule has 1 aromatic carbocycles. The van der Waals surface area contributed by atoms with Crippen molar-refractivity contribution in [3.8, 4) is 11.8 Å². The number of hydrogen-bond donors (Lipinski definition) is 3. The van der Waals surface area contributed by atoms with Crippen LogP contribution in [0.4, 0.5) is 5.69 Å². The van der Waals surface area contributed by atoms with E-state index < -0.39 is 17.7 Å². The Hall–Kier alpha value is -2.57. The molecule has 0 aliphatic heterocycles. The second kappa shape index (κ2) is 4.36. The molecule has 0 bridgehead atoms. The van der Waals surface area contributed by atoms with Crippen LogP contribution in [-0.4, -0.2) is 32.8 Å². The Morgan fingerprint density at radius 1 is 1.28 bits per heavy atom. The summed E-state index contributed by atoms with van der Waals surface area (Å²) in [6, 6.07) is 2.74. The number of aromatic hydroxyl groups is 2. The molecule has 0 fully saturated rings. The van der Waals surface area contributed by atoms with Crippen molar-refractivity contribution >= 4 is 22.7 Å². The first-order valence-electron chi connectivity index (χ1n) is 5.19. The van der Waals surface area contributed by atoms with Crippen molar-refractivity contribution < 1.29 is 19.7 Å². The lowest BCUT2D eigenvalue weighted by molar-refractivity contribution is 0.0528. The van der Waals surface area contributed by atoms with Gasteiger partial charge in [-0.1, -0.05) is 0 Å². The standard InChI is InChI=1S/C11H11N3O4/c1-2-18-11(17)5-3-7-8(4-6(5)12)14-10(16)9(15)13-7/h3-4H,2,12H2,1H3,(H,13,15)(H,14,16). The third-order valence-corrected chi connectivity index (χ3v) is 2.29. The molecular weight excluding hydrogens is 238 g/mol. The van der Waals surface area contributed by atoms with Gasteiger partial charge in [-0.3, -0.25) is 0 Å². The van der Waals surface area contributed by atoms with Gasteiger partial charge in [-0.2, -0.15) is 0 Å². The molecule has 4 N–H and O–H groups in total. The predicted octanol–water partition coefficient (Wildman–Crippen LogP) is 0.800. The molecule has 7 nitrogen and oxygen atoms in total. The van der Waals surface area contributed by atoms with Crippen LogP contribution < -0.4 is 5.73 Å². The van der Waals surface area contributed by atoms with E-state index in [4.69, 9.17) is 10.5 Å². The van der Waals surface area contributed by atoms with Crippen LogP contribution in [0.2, 0.25) is 0 Å². The van der Waals surface area contributed by atoms with Crippen molar-refractivity contribution in [2.45, 2.75) is 6.92 Å². The first kappa shape index (κ1) is 11.9. The number of nitrogens with zero attached hydrogens (tertiary/aromatic N) is 2. The highest BCUT2D eigenvalue weighted by Crippen LogP contribution is 2.26. The lowest BCUT2D eigenvalue weighted by atomic mass is 10.1. The van der Waals surface area contributed by atoms with E-state index in [1.54, 1.807) is 6.92 Å². The normalized spacial score (nSPS) is 10.5. The molecule has 18 heavy (non-hydrogen) atoms. The van der Waals surface area contributed by atoms with Crippen molar-refractivity contribution in [3.05, 3.63) is 17.7 Å². The summed E-state index contributed by atoms with van der Waals surface area (Å²) >= 11 is 0. The Morgan fingerprint density at radius 2 is 1.83 bits per heavy atom. The van der Waals surface area contributed by atoms with Crippen LogP contribution >= 0.6 is 0 Å². The molecule has 0 unspecified atom stereocenters. The predicted molar refractivity (Wildman–Crippen MR) is 63.2 cm³/mol. The van der Waals surface area contributed by atoms with E-state index >= 15 is 0 Å². The second-order valence-corrected chi connectivity index (χ2v) is 3.52. The lowest BCUT2D eigenvalue weighted by Crippen LogP contribution is -2.08. The maximum Gasteiger partial charge on any atom is 0.340 e. The highest BCUT2D eigenvalue weighted by molar-refractivity contribution is 5.99. The molecule has 0 aliphatic rings. The quantitative estimate of drug-likeness (QED) is 0.532. The van der Waals surface area contributed by atoms with Gasteiger partial charge in [0.2, 0.25) is 0 Å². The average molecular weight is 249 g/mol. The summed E-state index contributed by atoms with van der Waals surface area (Å²) in [5.41, 5.74) is 6.51. The van der Waals surface area contributed by atoms with Gasteiger partial charge < -0.3 is 20.7 Å². The molecule has 0 atom stereocenters. The topological polar surface area (TPSA) is 119 Å². The van der Waals surface area contributed by atoms with Crippen molar-refractivity contribution in [1.82, 2.24) is 9.97 Å². The number of ether oxygens (including phenoxy) is 1. The maximum absolute atomic E-state index is 11.6. The fourth-order valence-electron chi connectivity index (χ4n) is 1.49. The number of carbonyl (C=O) groups excluding carboxylic acids is 1. The van der Waals surface area contributed by atoms with Gasteiger partial charge in [0.15, 0.2) is 0 Å². The minimum Gasteiger partial charge on any atom is -0.489 e. The van der Waals surface area contributed by atoms with Crippen LogP contribution in [0.25, 0.3) is 11.0 Å². The highest BCUT2D eigenvalue weighted by atomic mass is 16.5. The molecule has 1 aromatic heterocycles. The summed E-state index contributed by atoms with van der Waals surface area (Å²) in [4.78, 5) is 19.0. The number of esters is 1. The van der Waals surface area contributed by atoms with E-state index in [0.29, 0.717) is 0 Å². The van der Waals surface area contributed by atoms with Crippen LogP contribution in [0.5, 0.6) is 11.8 Å². The molecule has 0 amide bonds. The lowest BCUT2D eigenvalue weighted by Gasteiger charge is -2.07. The number of benzene rings is 1. The van der Waals surface area contributed by atoms with Gasteiger partial charge in [0.1, 0.15) is 0 Å². The minimum atomic E-state index is -0.609. The Bertz CT molecular complexity index is 627. The number of hydrogen-bond acceptors (Lipinski definition) is 7. The Morgan fingerprint density at radius 3 is 2.39 bits per heavy atom. The molecule has 2 rings (SSSR count). The highest BCUT2D eigenvalue weighted by Gasteiger charge is 2.14. The van der Waals surface area contributed by atoms with Crippen LogP contribution in [0.15, 0.2) is 12.1 Å². The first-order valence-corrected chi connectivity index (χ1v) is 5.19. The molecule has 0 saturated heterocycles. The number of nitrogens with two attached hydrogens (primary N) is 1. The third kappa shape index (κ3) is 1.97. The molecule has 7 heteroatoms. The van der Waals surface area contributed by atoms with Gasteiger partial charge >= 0.3 is 5.97 Å². The first-order chi connectivity index (χ1) is 8.52. The molecule has 2 aromatic rings. The largest absolute Gasteiger partial charge is 0.489 e. The number of nitrogen functional groups attached to an aromatic ring is 1. The number of aromatic nitrogens is 2. The van der Waals surface area contributed by atoms with Gasteiger partial charge in [-0.25, -0.2) is 14.8 Å². The zero-order chi connectivity index (χ0) is 13.3. The van der Waals surface area contributed by atoms with Crippen LogP contribution in [0.1, 0.15) is 17.3 Å². The monoisotopic (exact) mass is 249 g/mol. The fourth-order valence-corrected chi connectivity index (χ4v) is 1.49. The smallest absolute Gasteiger partial charge is 0.340 e. The Labute approximate surface area is 102 Å². The number of fused-ring (bicyclic) bond motifs is 1. The summed E-state index contributed by atoms with van der Waals surface area (Å²) in [6.07, 6.45) is 0. The number of anilines is 1. The SMILES string of the molecule is CCOC(=O)c1cc2nc(O)c(O)nc2cc1N. The van der Waals surface area contributed by atoms with E-state index in [0.717, 1.165) is 0 Å². The van der Waals surface area contributed by atoms with Crippen molar-refractivity contribution in [3.63, 3.8) is 0 Å². The summed E-state index contributed by atoms with van der Waals surface area (Å²) in [7, 11) is 0. The molecule has 0 aliphatic carbocycles. The van der Waals surface area contributed by atoms with Gasteiger partial charge in [-0.15, -0.1) is 0 Å².